The van der Waals surface area contributed by atoms with Crippen LogP contribution in [0.3, 0.4) is 0 Å². The van der Waals surface area contributed by atoms with Crippen molar-refractivity contribution in [3.05, 3.63) is 156 Å². The molecule has 47 heavy (non-hydrogen) atoms. The zero-order valence-electron chi connectivity index (χ0n) is 25.2. The Balaban J connectivity index is 1.17. The normalized spacial score (nSPS) is 16.2. The minimum absolute atomic E-state index is 0.0721. The minimum atomic E-state index is -0.0721. The quantitative estimate of drug-likeness (QED) is 0.188. The van der Waals surface area contributed by atoms with Gasteiger partial charge in [-0.15, -0.1) is 0 Å². The van der Waals surface area contributed by atoms with Gasteiger partial charge >= 0.3 is 0 Å². The Kier molecular flexibility index (Phi) is 5.63. The maximum atomic E-state index is 6.41. The van der Waals surface area contributed by atoms with Crippen molar-refractivity contribution in [3.8, 4) is 39.9 Å². The van der Waals surface area contributed by atoms with Crippen molar-refractivity contribution < 1.29 is 4.74 Å². The van der Waals surface area contributed by atoms with Gasteiger partial charge in [0.25, 0.3) is 0 Å². The van der Waals surface area contributed by atoms with Gasteiger partial charge in [-0.25, -0.2) is 15.0 Å². The van der Waals surface area contributed by atoms with Gasteiger partial charge in [-0.1, -0.05) is 115 Å². The number of benzene rings is 6. The Hall–Kier alpha value is -6.20. The van der Waals surface area contributed by atoms with Crippen molar-refractivity contribution in [2.24, 2.45) is 0 Å². The summed E-state index contributed by atoms with van der Waals surface area (Å²) < 4.78 is 6.41. The summed E-state index contributed by atoms with van der Waals surface area (Å²) in [6.45, 7) is 0. The summed E-state index contributed by atoms with van der Waals surface area (Å²) in [4.78, 5) is 19.7. The predicted octanol–water partition coefficient (Wildman–Crippen LogP) is 9.97. The smallest absolute Gasteiger partial charge is 0.164 e. The fourth-order valence-electron chi connectivity index (χ4n) is 7.32. The first-order valence-electron chi connectivity index (χ1n) is 15.9. The third kappa shape index (κ3) is 4.10. The van der Waals surface area contributed by atoms with E-state index in [1.54, 1.807) is 6.20 Å². The second-order valence-corrected chi connectivity index (χ2v) is 12.2. The first kappa shape index (κ1) is 26.1. The summed E-state index contributed by atoms with van der Waals surface area (Å²) in [7, 11) is 0. The molecule has 1 aliphatic carbocycles. The van der Waals surface area contributed by atoms with E-state index in [0.29, 0.717) is 17.5 Å². The summed E-state index contributed by atoms with van der Waals surface area (Å²) >= 11 is 0. The molecule has 6 aromatic carbocycles. The zero-order valence-corrected chi connectivity index (χ0v) is 25.2. The summed E-state index contributed by atoms with van der Waals surface area (Å²) in [5.41, 5.74) is 6.25. The number of hydrogen-bond donors (Lipinski definition) is 0. The molecule has 0 amide bonds. The third-order valence-electron chi connectivity index (χ3n) is 9.54. The molecule has 0 bridgehead atoms. The lowest BCUT2D eigenvalue weighted by Crippen LogP contribution is -2.13. The number of aromatic nitrogens is 4. The topological polar surface area (TPSA) is 60.8 Å². The van der Waals surface area contributed by atoms with Crippen molar-refractivity contribution in [2.75, 3.05) is 0 Å². The Morgan fingerprint density at radius 1 is 0.553 bits per heavy atom. The van der Waals surface area contributed by atoms with Gasteiger partial charge in [0.05, 0.1) is 0 Å². The fraction of sp³-hybridized carbons (Fsp3) is 0.0476. The highest BCUT2D eigenvalue weighted by Gasteiger charge is 2.37. The van der Waals surface area contributed by atoms with Gasteiger partial charge < -0.3 is 4.74 Å². The molecular weight excluding hydrogens is 576 g/mol. The second-order valence-electron chi connectivity index (χ2n) is 12.2. The molecule has 2 unspecified atom stereocenters. The standard InChI is InChI=1S/C42H26N4O/c1-2-9-26(10-3-1)40-44-41(29-17-18-31-27(22-29)16-19-34-36-24-43-21-20-37(36)47-39(31)34)46-42(45-40)35-23-28-15-14-25-8-4-5-11-30(25)38(28)33-13-7-6-12-32(33)35/h1-24,34,39H. The van der Waals surface area contributed by atoms with Gasteiger partial charge in [-0.2, -0.15) is 0 Å². The van der Waals surface area contributed by atoms with Gasteiger partial charge in [0.1, 0.15) is 11.9 Å². The first-order valence-corrected chi connectivity index (χ1v) is 15.9. The monoisotopic (exact) mass is 602 g/mol. The Morgan fingerprint density at radius 3 is 2.19 bits per heavy atom. The van der Waals surface area contributed by atoms with E-state index in [1.165, 1.54) is 21.5 Å². The van der Waals surface area contributed by atoms with Crippen LogP contribution in [-0.2, 0) is 0 Å². The maximum absolute atomic E-state index is 6.41. The molecule has 0 saturated heterocycles. The van der Waals surface area contributed by atoms with E-state index in [0.717, 1.165) is 49.9 Å². The molecule has 5 nitrogen and oxygen atoms in total. The average Bonchev–Trinajstić information content (AvgIpc) is 3.53. The molecule has 3 heterocycles. The SMILES string of the molecule is C1=CC2c3cnccc3OC2c2ccc(-c3nc(-c4ccccc4)nc(-c4cc5ccc6ccccc6c5c5ccccc45)n3)cc21. The Labute approximate surface area is 270 Å². The molecule has 10 rings (SSSR count). The van der Waals surface area contributed by atoms with Gasteiger partial charge in [0.2, 0.25) is 0 Å². The van der Waals surface area contributed by atoms with Crippen molar-refractivity contribution in [3.63, 3.8) is 0 Å². The van der Waals surface area contributed by atoms with Gasteiger partial charge in [0, 0.05) is 46.1 Å². The zero-order chi connectivity index (χ0) is 30.9. The van der Waals surface area contributed by atoms with Crippen LogP contribution < -0.4 is 4.74 Å². The van der Waals surface area contributed by atoms with Crippen LogP contribution in [0, 0.1) is 0 Å². The molecule has 0 N–H and O–H groups in total. The molecule has 5 heteroatoms. The summed E-state index contributed by atoms with van der Waals surface area (Å²) in [5, 5.41) is 7.15. The predicted molar refractivity (Wildman–Crippen MR) is 188 cm³/mol. The lowest BCUT2D eigenvalue weighted by Gasteiger charge is -2.23. The number of nitrogens with zero attached hydrogens (tertiary/aromatic N) is 4. The number of ether oxygens (including phenoxy) is 1. The van der Waals surface area contributed by atoms with Crippen LogP contribution in [0.4, 0.5) is 0 Å². The average molecular weight is 603 g/mol. The molecule has 0 fully saturated rings. The highest BCUT2D eigenvalue weighted by molar-refractivity contribution is 6.23. The summed E-state index contributed by atoms with van der Waals surface area (Å²) in [6, 6.07) is 42.3. The first-order chi connectivity index (χ1) is 23.3. The molecule has 0 saturated carbocycles. The minimum Gasteiger partial charge on any atom is -0.484 e. The Morgan fingerprint density at radius 2 is 1.30 bits per heavy atom. The molecule has 220 valence electrons. The van der Waals surface area contributed by atoms with E-state index in [-0.39, 0.29) is 12.0 Å². The number of fused-ring (bicyclic) bond motifs is 10. The van der Waals surface area contributed by atoms with Crippen LogP contribution in [-0.4, -0.2) is 19.9 Å². The van der Waals surface area contributed by atoms with Gasteiger partial charge in [-0.05, 0) is 56.1 Å². The number of hydrogen-bond acceptors (Lipinski definition) is 5. The van der Waals surface area contributed by atoms with Crippen LogP contribution in [0.2, 0.25) is 0 Å². The molecule has 2 aromatic heterocycles. The summed E-state index contributed by atoms with van der Waals surface area (Å²) in [5.74, 6) is 2.99. The number of pyridine rings is 1. The van der Waals surface area contributed by atoms with Crippen LogP contribution in [0.1, 0.15) is 28.7 Å². The fourth-order valence-corrected chi connectivity index (χ4v) is 7.32. The van der Waals surface area contributed by atoms with Gasteiger partial charge in [-0.3, -0.25) is 4.98 Å². The summed E-state index contributed by atoms with van der Waals surface area (Å²) in [6.07, 6.45) is 8.04. The van der Waals surface area contributed by atoms with Crippen LogP contribution in [0.5, 0.6) is 5.75 Å². The molecule has 2 aliphatic rings. The molecule has 0 spiro atoms. The van der Waals surface area contributed by atoms with Crippen LogP contribution in [0.25, 0.3) is 72.6 Å². The highest BCUT2D eigenvalue weighted by Crippen LogP contribution is 2.50. The van der Waals surface area contributed by atoms with Crippen LogP contribution >= 0.6 is 0 Å². The van der Waals surface area contributed by atoms with Crippen molar-refractivity contribution >= 4 is 38.4 Å². The van der Waals surface area contributed by atoms with E-state index >= 15 is 0 Å². The lowest BCUT2D eigenvalue weighted by atomic mass is 9.84. The molecule has 8 aromatic rings. The number of rotatable bonds is 3. The Bertz CT molecular complexity index is 2580. The second kappa shape index (κ2) is 10.2. The molecular formula is C42H26N4O. The van der Waals surface area contributed by atoms with E-state index in [2.05, 4.69) is 102 Å². The van der Waals surface area contributed by atoms with Crippen molar-refractivity contribution in [2.45, 2.75) is 12.0 Å². The van der Waals surface area contributed by atoms with E-state index in [9.17, 15) is 0 Å². The maximum Gasteiger partial charge on any atom is 0.164 e. The van der Waals surface area contributed by atoms with Crippen LogP contribution in [0.15, 0.2) is 140 Å². The van der Waals surface area contributed by atoms with E-state index in [1.807, 2.05) is 42.6 Å². The lowest BCUT2D eigenvalue weighted by molar-refractivity contribution is 0.223. The molecule has 1 aliphatic heterocycles. The largest absolute Gasteiger partial charge is 0.484 e. The molecule has 0 radical (unpaired) electrons. The third-order valence-corrected chi connectivity index (χ3v) is 9.54. The molecule has 2 atom stereocenters. The van der Waals surface area contributed by atoms with Gasteiger partial charge in [0.15, 0.2) is 17.5 Å². The van der Waals surface area contributed by atoms with Crippen molar-refractivity contribution in [1.29, 1.82) is 0 Å². The highest BCUT2D eigenvalue weighted by atomic mass is 16.5. The van der Waals surface area contributed by atoms with E-state index < -0.39 is 0 Å². The van der Waals surface area contributed by atoms with E-state index in [4.69, 9.17) is 19.7 Å². The van der Waals surface area contributed by atoms with Crippen molar-refractivity contribution in [1.82, 2.24) is 19.9 Å².